The van der Waals surface area contributed by atoms with Crippen molar-refractivity contribution in [2.75, 3.05) is 13.2 Å². The first-order valence-electron chi connectivity index (χ1n) is 7.16. The normalized spacial score (nSPS) is 13.7. The van der Waals surface area contributed by atoms with Crippen molar-refractivity contribution in [2.24, 2.45) is 0 Å². The third-order valence-electron chi connectivity index (χ3n) is 3.72. The van der Waals surface area contributed by atoms with E-state index >= 15 is 0 Å². The molecule has 0 radical (unpaired) electrons. The summed E-state index contributed by atoms with van der Waals surface area (Å²) in [6.45, 7) is 4.58. The van der Waals surface area contributed by atoms with Crippen molar-refractivity contribution in [3.8, 4) is 5.75 Å². The first kappa shape index (κ1) is 15.5. The van der Waals surface area contributed by atoms with Crippen LogP contribution in [-0.4, -0.2) is 18.3 Å². The largest absolute Gasteiger partial charge is 0.494 e. The minimum absolute atomic E-state index is 0.00580. The van der Waals surface area contributed by atoms with Gasteiger partial charge in [0.2, 0.25) is 0 Å². The Labute approximate surface area is 125 Å². The first-order valence-corrected chi connectivity index (χ1v) is 7.16. The van der Waals surface area contributed by atoms with Gasteiger partial charge < -0.3 is 9.84 Å². The maximum atomic E-state index is 13.0. The molecule has 0 amide bonds. The number of aliphatic hydroxyl groups excluding tert-OH is 1. The minimum atomic E-state index is -0.430. The highest BCUT2D eigenvalue weighted by atomic mass is 19.1. The molecule has 1 N–H and O–H groups in total. The molecule has 0 aromatic heterocycles. The Hall–Kier alpha value is -1.87. The lowest BCUT2D eigenvalue weighted by Crippen LogP contribution is -2.29. The number of benzene rings is 2. The van der Waals surface area contributed by atoms with E-state index in [2.05, 4.69) is 0 Å². The van der Waals surface area contributed by atoms with Crippen LogP contribution in [-0.2, 0) is 11.8 Å². The molecule has 2 aromatic rings. The van der Waals surface area contributed by atoms with E-state index in [1.165, 1.54) is 12.1 Å². The molecule has 112 valence electrons. The summed E-state index contributed by atoms with van der Waals surface area (Å²) in [6, 6.07) is 14.2. The van der Waals surface area contributed by atoms with Gasteiger partial charge in [-0.3, -0.25) is 0 Å². The van der Waals surface area contributed by atoms with Gasteiger partial charge in [0.1, 0.15) is 11.6 Å². The van der Waals surface area contributed by atoms with Crippen LogP contribution in [0, 0.1) is 5.82 Å². The maximum absolute atomic E-state index is 13.0. The predicted octanol–water partition coefficient (Wildman–Crippen LogP) is 3.72. The highest BCUT2D eigenvalue weighted by Gasteiger charge is 2.26. The van der Waals surface area contributed by atoms with Crippen molar-refractivity contribution in [3.05, 3.63) is 65.5 Å². The van der Waals surface area contributed by atoms with Crippen LogP contribution in [0.15, 0.2) is 48.5 Å². The van der Waals surface area contributed by atoms with Crippen molar-refractivity contribution >= 4 is 0 Å². The Bertz CT molecular complexity index is 563. The second kappa shape index (κ2) is 6.72. The zero-order chi connectivity index (χ0) is 15.3. The summed E-state index contributed by atoms with van der Waals surface area (Å²) in [5.41, 5.74) is 1.61. The van der Waals surface area contributed by atoms with Crippen LogP contribution in [0.1, 0.15) is 25.0 Å². The number of hydrogen-bond acceptors (Lipinski definition) is 2. The Kier molecular flexibility index (Phi) is 4.97. The smallest absolute Gasteiger partial charge is 0.123 e. The second-order valence-electron chi connectivity index (χ2n) is 5.48. The average molecular weight is 288 g/mol. The minimum Gasteiger partial charge on any atom is -0.494 e. The average Bonchev–Trinajstić information content (AvgIpc) is 2.50. The van der Waals surface area contributed by atoms with Gasteiger partial charge in [0, 0.05) is 5.41 Å². The lowest BCUT2D eigenvalue weighted by atomic mass is 9.78. The standard InChI is InChI=1S/C18H21FO2/c1-3-21-17-10-4-14(5-11-17)12-18(2,13-20)15-6-8-16(19)9-7-15/h4-11,20H,3,12-13H2,1-2H3. The zero-order valence-electron chi connectivity index (χ0n) is 12.5. The number of ether oxygens (including phenoxy) is 1. The van der Waals surface area contributed by atoms with E-state index in [-0.39, 0.29) is 12.4 Å². The summed E-state index contributed by atoms with van der Waals surface area (Å²) < 4.78 is 18.5. The summed E-state index contributed by atoms with van der Waals surface area (Å²) in [5.74, 6) is 0.578. The lowest BCUT2D eigenvalue weighted by Gasteiger charge is -2.28. The van der Waals surface area contributed by atoms with Gasteiger partial charge in [-0.05, 0) is 48.7 Å². The molecule has 2 rings (SSSR count). The second-order valence-corrected chi connectivity index (χ2v) is 5.48. The summed E-state index contributed by atoms with van der Waals surface area (Å²) in [7, 11) is 0. The number of aliphatic hydroxyl groups is 1. The van der Waals surface area contributed by atoms with E-state index in [1.54, 1.807) is 12.1 Å². The molecular formula is C18H21FO2. The molecule has 3 heteroatoms. The van der Waals surface area contributed by atoms with Crippen molar-refractivity contribution in [3.63, 3.8) is 0 Å². The molecule has 2 nitrogen and oxygen atoms in total. The van der Waals surface area contributed by atoms with E-state index in [0.717, 1.165) is 16.9 Å². The van der Waals surface area contributed by atoms with E-state index in [4.69, 9.17) is 4.74 Å². The van der Waals surface area contributed by atoms with Gasteiger partial charge in [-0.2, -0.15) is 0 Å². The fourth-order valence-corrected chi connectivity index (χ4v) is 2.42. The van der Waals surface area contributed by atoms with Crippen LogP contribution in [0.3, 0.4) is 0 Å². The molecule has 0 heterocycles. The molecule has 0 saturated carbocycles. The van der Waals surface area contributed by atoms with Crippen molar-refractivity contribution < 1.29 is 14.2 Å². The van der Waals surface area contributed by atoms with Gasteiger partial charge in [-0.15, -0.1) is 0 Å². The SMILES string of the molecule is CCOc1ccc(CC(C)(CO)c2ccc(F)cc2)cc1. The molecule has 21 heavy (non-hydrogen) atoms. The monoisotopic (exact) mass is 288 g/mol. The predicted molar refractivity (Wildman–Crippen MR) is 82.2 cm³/mol. The third-order valence-corrected chi connectivity index (χ3v) is 3.72. The van der Waals surface area contributed by atoms with Crippen molar-refractivity contribution in [2.45, 2.75) is 25.7 Å². The van der Waals surface area contributed by atoms with E-state index < -0.39 is 5.41 Å². The summed E-state index contributed by atoms with van der Waals surface area (Å²) in [4.78, 5) is 0. The molecule has 0 bridgehead atoms. The molecular weight excluding hydrogens is 267 g/mol. The molecule has 0 saturated heterocycles. The molecule has 0 aliphatic rings. The fourth-order valence-electron chi connectivity index (χ4n) is 2.42. The van der Waals surface area contributed by atoms with Gasteiger partial charge in [0.05, 0.1) is 13.2 Å². The third kappa shape index (κ3) is 3.82. The number of halogens is 1. The molecule has 0 fully saturated rings. The fraction of sp³-hybridized carbons (Fsp3) is 0.333. The highest BCUT2D eigenvalue weighted by Crippen LogP contribution is 2.28. The zero-order valence-corrected chi connectivity index (χ0v) is 12.5. The Morgan fingerprint density at radius 3 is 2.19 bits per heavy atom. The molecule has 2 aromatic carbocycles. The number of hydrogen-bond donors (Lipinski definition) is 1. The summed E-state index contributed by atoms with van der Waals surface area (Å²) in [5, 5.41) is 9.79. The Morgan fingerprint density at radius 2 is 1.67 bits per heavy atom. The van der Waals surface area contributed by atoms with Crippen LogP contribution in [0.4, 0.5) is 4.39 Å². The van der Waals surface area contributed by atoms with Gasteiger partial charge in [0.25, 0.3) is 0 Å². The van der Waals surface area contributed by atoms with Crippen LogP contribution in [0.2, 0.25) is 0 Å². The molecule has 0 aliphatic heterocycles. The van der Waals surface area contributed by atoms with Crippen LogP contribution in [0.5, 0.6) is 5.75 Å². The van der Waals surface area contributed by atoms with Gasteiger partial charge in [0.15, 0.2) is 0 Å². The highest BCUT2D eigenvalue weighted by molar-refractivity contribution is 5.32. The van der Waals surface area contributed by atoms with Gasteiger partial charge in [-0.25, -0.2) is 4.39 Å². The maximum Gasteiger partial charge on any atom is 0.123 e. The first-order chi connectivity index (χ1) is 10.1. The van der Waals surface area contributed by atoms with Crippen molar-refractivity contribution in [1.29, 1.82) is 0 Å². The molecule has 0 spiro atoms. The van der Waals surface area contributed by atoms with E-state index in [1.807, 2.05) is 38.1 Å². The van der Waals surface area contributed by atoms with Gasteiger partial charge >= 0.3 is 0 Å². The van der Waals surface area contributed by atoms with Gasteiger partial charge in [-0.1, -0.05) is 31.2 Å². The quantitative estimate of drug-likeness (QED) is 0.878. The van der Waals surface area contributed by atoms with Crippen LogP contribution >= 0.6 is 0 Å². The molecule has 0 aliphatic carbocycles. The van der Waals surface area contributed by atoms with Crippen molar-refractivity contribution in [1.82, 2.24) is 0 Å². The van der Waals surface area contributed by atoms with Crippen LogP contribution in [0.25, 0.3) is 0 Å². The number of rotatable bonds is 6. The Balaban J connectivity index is 2.19. The van der Waals surface area contributed by atoms with E-state index in [9.17, 15) is 9.50 Å². The van der Waals surface area contributed by atoms with E-state index in [0.29, 0.717) is 13.0 Å². The lowest BCUT2D eigenvalue weighted by molar-refractivity contribution is 0.204. The Morgan fingerprint density at radius 1 is 1.05 bits per heavy atom. The van der Waals surface area contributed by atoms with Crippen LogP contribution < -0.4 is 4.74 Å². The summed E-state index contributed by atoms with van der Waals surface area (Å²) in [6.07, 6.45) is 0.682. The topological polar surface area (TPSA) is 29.5 Å². The molecule has 1 unspecified atom stereocenters. The molecule has 1 atom stereocenters. The summed E-state index contributed by atoms with van der Waals surface area (Å²) >= 11 is 0.